The average molecular weight is 351 g/mol. The number of rotatable bonds is 5. The van der Waals surface area contributed by atoms with Crippen LogP contribution in [0.25, 0.3) is 6.08 Å². The third kappa shape index (κ3) is 3.61. The Labute approximate surface area is 152 Å². The largest absolute Gasteiger partial charge is 0.372 e. The molecule has 128 valence electrons. The number of carbonyl (C=O) groups excluding carboxylic acids is 1. The number of hydrogen-bond acceptors (Lipinski definition) is 4. The summed E-state index contributed by atoms with van der Waals surface area (Å²) in [7, 11) is 0. The predicted molar refractivity (Wildman–Crippen MR) is 107 cm³/mol. The van der Waals surface area contributed by atoms with Crippen molar-refractivity contribution in [2.24, 2.45) is 0 Å². The number of amides is 1. The van der Waals surface area contributed by atoms with Crippen LogP contribution in [0.1, 0.15) is 19.4 Å². The minimum Gasteiger partial charge on any atom is -0.372 e. The smallest absolute Gasteiger partial charge is 0.271 e. The first-order chi connectivity index (χ1) is 12.1. The molecule has 1 fully saturated rings. The summed E-state index contributed by atoms with van der Waals surface area (Å²) in [6.45, 7) is 6.21. The van der Waals surface area contributed by atoms with Crippen molar-refractivity contribution in [3.05, 3.63) is 65.1 Å². The molecule has 4 nitrogen and oxygen atoms in total. The number of thioether (sulfide) groups is 1. The number of carbonyl (C=O) groups is 1. The number of nitrogens with one attached hydrogen (secondary N) is 1. The monoisotopic (exact) mass is 351 g/mol. The van der Waals surface area contributed by atoms with Crippen LogP contribution in [0.5, 0.6) is 0 Å². The van der Waals surface area contributed by atoms with E-state index in [4.69, 9.17) is 5.41 Å². The number of amidine groups is 1. The van der Waals surface area contributed by atoms with Crippen molar-refractivity contribution in [1.29, 1.82) is 5.41 Å². The Morgan fingerprint density at radius 3 is 2.28 bits per heavy atom. The topological polar surface area (TPSA) is 47.4 Å². The van der Waals surface area contributed by atoms with Gasteiger partial charge in [-0.05, 0) is 61.5 Å². The lowest BCUT2D eigenvalue weighted by Gasteiger charge is -2.20. The zero-order valence-electron chi connectivity index (χ0n) is 14.4. The van der Waals surface area contributed by atoms with E-state index in [1.165, 1.54) is 22.3 Å². The molecule has 1 N–H and O–H groups in total. The summed E-state index contributed by atoms with van der Waals surface area (Å²) in [6.07, 6.45) is 1.86. The summed E-state index contributed by atoms with van der Waals surface area (Å²) in [4.78, 5) is 17.0. The number of nitrogens with zero attached hydrogens (tertiary/aromatic N) is 2. The number of anilines is 2. The third-order valence-corrected chi connectivity index (χ3v) is 5.05. The molecular weight excluding hydrogens is 330 g/mol. The van der Waals surface area contributed by atoms with E-state index in [1.807, 2.05) is 48.5 Å². The normalized spacial score (nSPS) is 15.9. The Morgan fingerprint density at radius 1 is 1.04 bits per heavy atom. The highest BCUT2D eigenvalue weighted by Crippen LogP contribution is 2.35. The number of benzene rings is 2. The molecule has 0 bridgehead atoms. The molecule has 0 atom stereocenters. The van der Waals surface area contributed by atoms with Crippen molar-refractivity contribution in [2.45, 2.75) is 13.8 Å². The van der Waals surface area contributed by atoms with Gasteiger partial charge in [-0.1, -0.05) is 30.3 Å². The maximum absolute atomic E-state index is 12.7. The van der Waals surface area contributed by atoms with Crippen LogP contribution < -0.4 is 9.80 Å². The Hall–Kier alpha value is -2.53. The van der Waals surface area contributed by atoms with Gasteiger partial charge in [0.05, 0.1) is 10.6 Å². The summed E-state index contributed by atoms with van der Waals surface area (Å²) >= 11 is 1.20. The van der Waals surface area contributed by atoms with Gasteiger partial charge >= 0.3 is 0 Å². The molecule has 1 aliphatic rings. The molecule has 1 aliphatic heterocycles. The van der Waals surface area contributed by atoms with Crippen LogP contribution in [0, 0.1) is 5.41 Å². The Morgan fingerprint density at radius 2 is 1.68 bits per heavy atom. The Bertz CT molecular complexity index is 795. The average Bonchev–Trinajstić information content (AvgIpc) is 2.91. The molecule has 25 heavy (non-hydrogen) atoms. The lowest BCUT2D eigenvalue weighted by molar-refractivity contribution is -0.113. The molecule has 0 saturated carbocycles. The highest BCUT2D eigenvalue weighted by Gasteiger charge is 2.33. The van der Waals surface area contributed by atoms with E-state index in [1.54, 1.807) is 0 Å². The molecule has 2 aromatic rings. The first kappa shape index (κ1) is 17.3. The van der Waals surface area contributed by atoms with E-state index < -0.39 is 0 Å². The van der Waals surface area contributed by atoms with Gasteiger partial charge in [0.2, 0.25) is 0 Å². The summed E-state index contributed by atoms with van der Waals surface area (Å²) in [6, 6.07) is 17.5. The number of para-hydroxylation sites is 1. The quantitative estimate of drug-likeness (QED) is 0.802. The molecule has 0 aliphatic carbocycles. The van der Waals surface area contributed by atoms with Crippen molar-refractivity contribution in [3.63, 3.8) is 0 Å². The van der Waals surface area contributed by atoms with E-state index in [9.17, 15) is 4.79 Å². The summed E-state index contributed by atoms with van der Waals surface area (Å²) in [5.41, 5.74) is 2.87. The molecule has 0 spiro atoms. The molecule has 1 saturated heterocycles. The van der Waals surface area contributed by atoms with Crippen LogP contribution in [0.3, 0.4) is 0 Å². The summed E-state index contributed by atoms with van der Waals surface area (Å²) in [5.74, 6) is -0.144. The van der Waals surface area contributed by atoms with Gasteiger partial charge in [0, 0.05) is 18.8 Å². The molecular formula is C20H21N3OS. The maximum atomic E-state index is 12.7. The molecule has 1 heterocycles. The highest BCUT2D eigenvalue weighted by atomic mass is 32.2. The van der Waals surface area contributed by atoms with Gasteiger partial charge in [-0.2, -0.15) is 0 Å². The SMILES string of the molecule is CCN(CC)c1ccc(/C=C2\SC(=N)N(c3ccccc3)C2=O)cc1. The molecule has 0 unspecified atom stereocenters. The van der Waals surface area contributed by atoms with Crippen molar-refractivity contribution in [1.82, 2.24) is 0 Å². The van der Waals surface area contributed by atoms with Crippen molar-refractivity contribution in [3.8, 4) is 0 Å². The minimum absolute atomic E-state index is 0.144. The Kier molecular flexibility index (Phi) is 5.24. The molecule has 1 amide bonds. The summed E-state index contributed by atoms with van der Waals surface area (Å²) in [5, 5.41) is 8.37. The second-order valence-corrected chi connectivity index (χ2v) is 6.69. The van der Waals surface area contributed by atoms with Crippen molar-refractivity contribution >= 4 is 40.3 Å². The first-order valence-corrected chi connectivity index (χ1v) is 9.18. The molecule has 0 radical (unpaired) electrons. The predicted octanol–water partition coefficient (Wildman–Crippen LogP) is 4.59. The van der Waals surface area contributed by atoms with E-state index in [0.717, 1.165) is 24.3 Å². The molecule has 2 aromatic carbocycles. The van der Waals surface area contributed by atoms with E-state index >= 15 is 0 Å². The first-order valence-electron chi connectivity index (χ1n) is 8.36. The van der Waals surface area contributed by atoms with Gasteiger partial charge in [0.15, 0.2) is 5.17 Å². The standard InChI is InChI=1S/C20H21N3OS/c1-3-22(4-2)16-12-10-15(11-13-16)14-18-19(24)23(20(21)25-18)17-8-6-5-7-9-17/h5-14,21H,3-4H2,1-2H3/b18-14-,21-20?. The van der Waals surface area contributed by atoms with Gasteiger partial charge in [0.25, 0.3) is 5.91 Å². The van der Waals surface area contributed by atoms with Gasteiger partial charge in [-0.25, -0.2) is 0 Å². The second kappa shape index (κ2) is 7.57. The lowest BCUT2D eigenvalue weighted by atomic mass is 10.1. The number of hydrogen-bond donors (Lipinski definition) is 1. The van der Waals surface area contributed by atoms with Gasteiger partial charge in [-0.15, -0.1) is 0 Å². The fourth-order valence-electron chi connectivity index (χ4n) is 2.82. The third-order valence-electron chi connectivity index (χ3n) is 4.16. The zero-order valence-corrected chi connectivity index (χ0v) is 15.2. The van der Waals surface area contributed by atoms with Crippen LogP contribution in [-0.4, -0.2) is 24.2 Å². The second-order valence-electron chi connectivity index (χ2n) is 5.66. The van der Waals surface area contributed by atoms with Crippen LogP contribution in [0.2, 0.25) is 0 Å². The van der Waals surface area contributed by atoms with Crippen LogP contribution in [0.15, 0.2) is 59.5 Å². The van der Waals surface area contributed by atoms with E-state index in [2.05, 4.69) is 30.9 Å². The van der Waals surface area contributed by atoms with E-state index in [-0.39, 0.29) is 11.1 Å². The zero-order chi connectivity index (χ0) is 17.8. The maximum Gasteiger partial charge on any atom is 0.271 e. The minimum atomic E-state index is -0.144. The fraction of sp³-hybridized carbons (Fsp3) is 0.200. The van der Waals surface area contributed by atoms with Crippen LogP contribution in [0.4, 0.5) is 11.4 Å². The Balaban J connectivity index is 1.82. The van der Waals surface area contributed by atoms with Crippen molar-refractivity contribution in [2.75, 3.05) is 22.9 Å². The van der Waals surface area contributed by atoms with Crippen LogP contribution in [-0.2, 0) is 4.79 Å². The molecule has 0 aromatic heterocycles. The molecule has 3 rings (SSSR count). The summed E-state index contributed by atoms with van der Waals surface area (Å²) < 4.78 is 0. The molecule has 5 heteroatoms. The van der Waals surface area contributed by atoms with E-state index in [0.29, 0.717) is 4.91 Å². The highest BCUT2D eigenvalue weighted by molar-refractivity contribution is 8.19. The fourth-order valence-corrected chi connectivity index (χ4v) is 3.68. The van der Waals surface area contributed by atoms with Gasteiger partial charge in [0.1, 0.15) is 0 Å². The van der Waals surface area contributed by atoms with Gasteiger partial charge in [-0.3, -0.25) is 15.1 Å². The lowest BCUT2D eigenvalue weighted by Crippen LogP contribution is -2.27. The van der Waals surface area contributed by atoms with Crippen molar-refractivity contribution < 1.29 is 4.79 Å². The van der Waals surface area contributed by atoms with Crippen LogP contribution >= 0.6 is 11.8 Å². The van der Waals surface area contributed by atoms with Gasteiger partial charge < -0.3 is 4.90 Å².